The van der Waals surface area contributed by atoms with E-state index in [2.05, 4.69) is 15.9 Å². The van der Waals surface area contributed by atoms with Crippen LogP contribution in [-0.2, 0) is 4.79 Å². The molecule has 2 nitrogen and oxygen atoms in total. The SMILES string of the molecule is CCCCC(Br)C(=O)O.[NaH]. The fourth-order valence-corrected chi connectivity index (χ4v) is 0.831. The van der Waals surface area contributed by atoms with E-state index in [0.29, 0.717) is 0 Å². The van der Waals surface area contributed by atoms with Gasteiger partial charge in [0.05, 0.1) is 0 Å². The molecule has 56 valence electrons. The van der Waals surface area contributed by atoms with E-state index in [1.165, 1.54) is 0 Å². The van der Waals surface area contributed by atoms with E-state index in [-0.39, 0.29) is 34.4 Å². The fourth-order valence-electron chi connectivity index (χ4n) is 0.507. The molecule has 1 atom stereocenters. The van der Waals surface area contributed by atoms with Crippen molar-refractivity contribution in [2.45, 2.75) is 31.0 Å². The van der Waals surface area contributed by atoms with E-state index in [0.717, 1.165) is 19.3 Å². The van der Waals surface area contributed by atoms with E-state index in [1.807, 2.05) is 6.92 Å². The van der Waals surface area contributed by atoms with Crippen LogP contribution in [0, 0.1) is 0 Å². The van der Waals surface area contributed by atoms with Gasteiger partial charge in [0, 0.05) is 0 Å². The summed E-state index contributed by atoms with van der Waals surface area (Å²) in [7, 11) is 0. The second kappa shape index (κ2) is 8.05. The molecule has 0 spiro atoms. The first-order valence-corrected chi connectivity index (χ1v) is 3.97. The van der Waals surface area contributed by atoms with Crippen molar-refractivity contribution in [2.24, 2.45) is 0 Å². The summed E-state index contributed by atoms with van der Waals surface area (Å²) in [6.45, 7) is 2.04. The zero-order chi connectivity index (χ0) is 7.28. The Kier molecular flexibility index (Phi) is 10.9. The summed E-state index contributed by atoms with van der Waals surface area (Å²) in [6, 6.07) is 0. The molecule has 0 fully saturated rings. The summed E-state index contributed by atoms with van der Waals surface area (Å²) in [5, 5.41) is 8.36. The van der Waals surface area contributed by atoms with Crippen molar-refractivity contribution in [1.82, 2.24) is 0 Å². The van der Waals surface area contributed by atoms with Crippen LogP contribution in [0.3, 0.4) is 0 Å². The van der Waals surface area contributed by atoms with Crippen molar-refractivity contribution >= 4 is 51.5 Å². The summed E-state index contributed by atoms with van der Waals surface area (Å²) in [5.74, 6) is -0.761. The van der Waals surface area contributed by atoms with E-state index < -0.39 is 5.97 Å². The van der Waals surface area contributed by atoms with Crippen molar-refractivity contribution in [1.29, 1.82) is 0 Å². The first kappa shape index (κ1) is 13.5. The van der Waals surface area contributed by atoms with Gasteiger partial charge in [-0.05, 0) is 6.42 Å². The average molecular weight is 219 g/mol. The third-order valence-corrected chi connectivity index (χ3v) is 1.93. The predicted octanol–water partition coefficient (Wildman–Crippen LogP) is 1.38. The summed E-state index contributed by atoms with van der Waals surface area (Å²) in [4.78, 5) is 9.81. The number of halogens is 1. The summed E-state index contributed by atoms with van der Waals surface area (Å²) < 4.78 is 0. The maximum absolute atomic E-state index is 10.2. The minimum atomic E-state index is -0.761. The van der Waals surface area contributed by atoms with Gasteiger partial charge in [0.25, 0.3) is 0 Å². The Morgan fingerprint density at radius 1 is 1.70 bits per heavy atom. The third kappa shape index (κ3) is 7.06. The van der Waals surface area contributed by atoms with Gasteiger partial charge in [0.15, 0.2) is 0 Å². The number of carboxylic acid groups (broad SMARTS) is 1. The predicted molar refractivity (Wildman–Crippen MR) is 47.0 cm³/mol. The first-order chi connectivity index (χ1) is 4.18. The van der Waals surface area contributed by atoms with E-state index in [4.69, 9.17) is 5.11 Å². The van der Waals surface area contributed by atoms with E-state index in [9.17, 15) is 4.79 Å². The van der Waals surface area contributed by atoms with Crippen LogP contribution in [0.2, 0.25) is 0 Å². The zero-order valence-corrected chi connectivity index (χ0v) is 7.02. The number of carbonyl (C=O) groups is 1. The molecule has 0 rings (SSSR count). The van der Waals surface area contributed by atoms with Crippen molar-refractivity contribution in [3.05, 3.63) is 0 Å². The Hall–Kier alpha value is 0.950. The number of hydrogen-bond acceptors (Lipinski definition) is 1. The summed E-state index contributed by atoms with van der Waals surface area (Å²) >= 11 is 3.04. The molecule has 0 aromatic rings. The van der Waals surface area contributed by atoms with Crippen LogP contribution in [0.1, 0.15) is 26.2 Å². The molecule has 4 heteroatoms. The topological polar surface area (TPSA) is 37.3 Å². The van der Waals surface area contributed by atoms with Gasteiger partial charge in [0.1, 0.15) is 4.83 Å². The first-order valence-electron chi connectivity index (χ1n) is 3.05. The number of unbranched alkanes of at least 4 members (excludes halogenated alkanes) is 1. The molecule has 0 amide bonds. The van der Waals surface area contributed by atoms with Crippen molar-refractivity contribution in [3.63, 3.8) is 0 Å². The fraction of sp³-hybridized carbons (Fsp3) is 0.833. The Morgan fingerprint density at radius 2 is 2.20 bits per heavy atom. The van der Waals surface area contributed by atoms with Crippen LogP contribution in [0.25, 0.3) is 0 Å². The van der Waals surface area contributed by atoms with Gasteiger partial charge in [-0.15, -0.1) is 0 Å². The van der Waals surface area contributed by atoms with Crippen LogP contribution in [0.15, 0.2) is 0 Å². The summed E-state index contributed by atoms with van der Waals surface area (Å²) in [6.07, 6.45) is 2.75. The third-order valence-electron chi connectivity index (χ3n) is 1.08. The number of hydrogen-bond donors (Lipinski definition) is 1. The van der Waals surface area contributed by atoms with Crippen molar-refractivity contribution < 1.29 is 9.90 Å². The molecule has 0 radical (unpaired) electrons. The Labute approximate surface area is 91.8 Å². The Bertz CT molecular complexity index is 97.7. The molecule has 0 aliphatic heterocycles. The average Bonchev–Trinajstić information content (AvgIpc) is 1.82. The normalized spacial score (nSPS) is 11.8. The Balaban J connectivity index is 0. The monoisotopic (exact) mass is 218 g/mol. The van der Waals surface area contributed by atoms with Gasteiger partial charge in [-0.1, -0.05) is 35.7 Å². The van der Waals surface area contributed by atoms with Crippen molar-refractivity contribution in [2.75, 3.05) is 0 Å². The molecule has 0 aromatic heterocycles. The van der Waals surface area contributed by atoms with E-state index in [1.54, 1.807) is 0 Å². The zero-order valence-electron chi connectivity index (χ0n) is 5.43. The molecule has 0 aliphatic carbocycles. The van der Waals surface area contributed by atoms with Gasteiger partial charge in [-0.2, -0.15) is 0 Å². The Morgan fingerprint density at radius 3 is 2.50 bits per heavy atom. The van der Waals surface area contributed by atoms with Gasteiger partial charge in [0.2, 0.25) is 0 Å². The van der Waals surface area contributed by atoms with Crippen LogP contribution in [-0.4, -0.2) is 45.5 Å². The molecule has 0 heterocycles. The molecular weight excluding hydrogens is 207 g/mol. The summed E-state index contributed by atoms with van der Waals surface area (Å²) in [5.41, 5.74) is 0. The molecule has 0 aliphatic rings. The number of rotatable bonds is 4. The maximum atomic E-state index is 10.2. The van der Waals surface area contributed by atoms with Gasteiger partial charge >= 0.3 is 35.5 Å². The second-order valence-electron chi connectivity index (χ2n) is 1.95. The molecular formula is C6H12BrNaO2. The van der Waals surface area contributed by atoms with Crippen molar-refractivity contribution in [3.8, 4) is 0 Å². The second-order valence-corrected chi connectivity index (χ2v) is 3.05. The van der Waals surface area contributed by atoms with Gasteiger partial charge in [-0.25, -0.2) is 0 Å². The van der Waals surface area contributed by atoms with Gasteiger partial charge in [-0.3, -0.25) is 4.79 Å². The molecule has 0 bridgehead atoms. The van der Waals surface area contributed by atoms with Crippen LogP contribution in [0.4, 0.5) is 0 Å². The molecule has 0 saturated heterocycles. The minimum absolute atomic E-state index is 0. The van der Waals surface area contributed by atoms with Crippen LogP contribution >= 0.6 is 15.9 Å². The molecule has 0 aromatic carbocycles. The van der Waals surface area contributed by atoms with Gasteiger partial charge < -0.3 is 5.11 Å². The number of aliphatic carboxylic acids is 1. The number of alkyl halides is 1. The molecule has 1 N–H and O–H groups in total. The van der Waals surface area contributed by atoms with E-state index >= 15 is 0 Å². The van der Waals surface area contributed by atoms with Crippen LogP contribution < -0.4 is 0 Å². The molecule has 10 heavy (non-hydrogen) atoms. The standard InChI is InChI=1S/C6H11BrO2.Na.H/c1-2-3-4-5(7)6(8)9;;/h5H,2-4H2,1H3,(H,8,9);;. The molecule has 0 saturated carbocycles. The number of carboxylic acids is 1. The van der Waals surface area contributed by atoms with Crippen LogP contribution in [0.5, 0.6) is 0 Å². The molecule has 1 unspecified atom stereocenters. The quantitative estimate of drug-likeness (QED) is 0.572.